The highest BCUT2D eigenvalue weighted by Crippen LogP contribution is 2.16. The lowest BCUT2D eigenvalue weighted by Gasteiger charge is -2.00. The fraction of sp³-hybridized carbons (Fsp3) is 0. The van der Waals surface area contributed by atoms with Gasteiger partial charge in [0.2, 0.25) is 0 Å². The number of fused-ring (bicyclic) bond motifs is 1. The molecule has 88 valence electrons. The van der Waals surface area contributed by atoms with Crippen molar-refractivity contribution in [3.05, 3.63) is 66.0 Å². The Bertz CT molecular complexity index is 736. The summed E-state index contributed by atoms with van der Waals surface area (Å²) in [5, 5.41) is 4.03. The van der Waals surface area contributed by atoms with E-state index in [4.69, 9.17) is 0 Å². The summed E-state index contributed by atoms with van der Waals surface area (Å²) >= 11 is 0. The van der Waals surface area contributed by atoms with E-state index in [-0.39, 0.29) is 5.56 Å². The van der Waals surface area contributed by atoms with Crippen molar-refractivity contribution in [2.45, 2.75) is 0 Å². The highest BCUT2D eigenvalue weighted by molar-refractivity contribution is 6.13. The molecule has 2 aromatic heterocycles. The van der Waals surface area contributed by atoms with Gasteiger partial charge in [-0.05, 0) is 12.1 Å². The van der Waals surface area contributed by atoms with Crippen LogP contribution in [0.25, 0.3) is 5.52 Å². The minimum absolute atomic E-state index is 0.0382. The maximum atomic E-state index is 13.6. The summed E-state index contributed by atoms with van der Waals surface area (Å²) in [6.45, 7) is 0. The first-order chi connectivity index (χ1) is 8.77. The van der Waals surface area contributed by atoms with E-state index in [0.717, 1.165) is 0 Å². The van der Waals surface area contributed by atoms with E-state index in [2.05, 4.69) is 10.1 Å². The first-order valence-corrected chi connectivity index (χ1v) is 5.34. The molecule has 0 aliphatic rings. The highest BCUT2D eigenvalue weighted by atomic mass is 19.1. The molecule has 3 aromatic rings. The van der Waals surface area contributed by atoms with Crippen LogP contribution in [0.3, 0.4) is 0 Å². The number of carbonyl (C=O) groups excluding carboxylic acids is 1. The summed E-state index contributed by atoms with van der Waals surface area (Å²) in [5.74, 6) is -0.929. The molecule has 0 bridgehead atoms. The van der Waals surface area contributed by atoms with Crippen LogP contribution >= 0.6 is 0 Å². The molecule has 3 rings (SSSR count). The molecule has 0 aliphatic carbocycles. The number of rotatable bonds is 2. The van der Waals surface area contributed by atoms with Crippen LogP contribution < -0.4 is 0 Å². The first kappa shape index (κ1) is 10.6. The van der Waals surface area contributed by atoms with Gasteiger partial charge in [0.1, 0.15) is 5.82 Å². The molecule has 0 radical (unpaired) electrons. The van der Waals surface area contributed by atoms with E-state index in [9.17, 15) is 9.18 Å². The molecule has 18 heavy (non-hydrogen) atoms. The number of hydrogen-bond donors (Lipinski definition) is 0. The Kier molecular flexibility index (Phi) is 2.37. The van der Waals surface area contributed by atoms with E-state index in [1.165, 1.54) is 29.0 Å². The molecule has 0 spiro atoms. The zero-order valence-electron chi connectivity index (χ0n) is 9.25. The van der Waals surface area contributed by atoms with Crippen molar-refractivity contribution in [1.82, 2.24) is 14.6 Å². The Morgan fingerprint density at radius 3 is 2.83 bits per heavy atom. The number of nitrogens with zero attached hydrogens (tertiary/aromatic N) is 3. The fourth-order valence-electron chi connectivity index (χ4n) is 1.80. The molecule has 0 fully saturated rings. The molecule has 0 amide bonds. The Morgan fingerprint density at radius 1 is 1.17 bits per heavy atom. The van der Waals surface area contributed by atoms with Crippen molar-refractivity contribution < 1.29 is 9.18 Å². The third kappa shape index (κ3) is 1.57. The molecular formula is C13H8FN3O. The predicted octanol–water partition coefficient (Wildman–Crippen LogP) is 2.10. The van der Waals surface area contributed by atoms with Crippen LogP contribution in [0.5, 0.6) is 0 Å². The quantitative estimate of drug-likeness (QED) is 0.645. The van der Waals surface area contributed by atoms with E-state index >= 15 is 0 Å². The zero-order chi connectivity index (χ0) is 12.5. The number of ketones is 1. The smallest absolute Gasteiger partial charge is 0.199 e. The van der Waals surface area contributed by atoms with Gasteiger partial charge in [-0.25, -0.2) is 8.91 Å². The van der Waals surface area contributed by atoms with Gasteiger partial charge in [-0.1, -0.05) is 12.1 Å². The van der Waals surface area contributed by atoms with Crippen LogP contribution in [0.15, 0.2) is 49.1 Å². The average Bonchev–Trinajstić information content (AvgIpc) is 2.82. The van der Waals surface area contributed by atoms with Gasteiger partial charge in [-0.3, -0.25) is 9.78 Å². The molecule has 5 heteroatoms. The summed E-state index contributed by atoms with van der Waals surface area (Å²) in [7, 11) is 0. The number of aromatic nitrogens is 3. The van der Waals surface area contributed by atoms with E-state index < -0.39 is 11.6 Å². The minimum atomic E-state index is -0.536. The largest absolute Gasteiger partial charge is 0.288 e. The zero-order valence-corrected chi connectivity index (χ0v) is 9.25. The molecule has 0 unspecified atom stereocenters. The van der Waals surface area contributed by atoms with E-state index in [1.807, 2.05) is 0 Å². The number of hydrogen-bond acceptors (Lipinski definition) is 3. The summed E-state index contributed by atoms with van der Waals surface area (Å²) in [4.78, 5) is 16.2. The molecule has 0 saturated carbocycles. The van der Waals surface area contributed by atoms with Gasteiger partial charge in [0.25, 0.3) is 0 Å². The Balaban J connectivity index is 2.16. The lowest BCUT2D eigenvalue weighted by atomic mass is 10.0. The Hall–Kier alpha value is -2.56. The van der Waals surface area contributed by atoms with Crippen LogP contribution in [0.2, 0.25) is 0 Å². The molecule has 0 aliphatic heterocycles. The lowest BCUT2D eigenvalue weighted by molar-refractivity contribution is 0.103. The van der Waals surface area contributed by atoms with Gasteiger partial charge in [-0.2, -0.15) is 5.10 Å². The Labute approximate surface area is 102 Å². The summed E-state index contributed by atoms with van der Waals surface area (Å²) in [6.07, 6.45) is 6.15. The highest BCUT2D eigenvalue weighted by Gasteiger charge is 2.17. The maximum absolute atomic E-state index is 13.6. The van der Waals surface area contributed by atoms with Gasteiger partial charge in [0, 0.05) is 12.4 Å². The number of carbonyl (C=O) groups is 1. The second kappa shape index (κ2) is 4.03. The Morgan fingerprint density at radius 2 is 2.00 bits per heavy atom. The van der Waals surface area contributed by atoms with Crippen LogP contribution in [-0.2, 0) is 0 Å². The molecule has 2 heterocycles. The molecule has 0 atom stereocenters. The predicted molar refractivity (Wildman–Crippen MR) is 62.8 cm³/mol. The van der Waals surface area contributed by atoms with Crippen molar-refractivity contribution in [1.29, 1.82) is 0 Å². The van der Waals surface area contributed by atoms with Gasteiger partial charge in [0.05, 0.1) is 29.0 Å². The third-order valence-electron chi connectivity index (χ3n) is 2.69. The van der Waals surface area contributed by atoms with Crippen molar-refractivity contribution in [3.63, 3.8) is 0 Å². The topological polar surface area (TPSA) is 47.3 Å². The average molecular weight is 241 g/mol. The van der Waals surface area contributed by atoms with Gasteiger partial charge in [-0.15, -0.1) is 0 Å². The summed E-state index contributed by atoms with van der Waals surface area (Å²) < 4.78 is 15.1. The van der Waals surface area contributed by atoms with Crippen LogP contribution in [0.4, 0.5) is 4.39 Å². The number of benzene rings is 1. The van der Waals surface area contributed by atoms with Crippen molar-refractivity contribution in [3.8, 4) is 0 Å². The minimum Gasteiger partial charge on any atom is -0.288 e. The monoisotopic (exact) mass is 241 g/mol. The van der Waals surface area contributed by atoms with Crippen LogP contribution in [0, 0.1) is 5.82 Å². The van der Waals surface area contributed by atoms with E-state index in [1.54, 1.807) is 24.5 Å². The standard InChI is InChI=1S/C13H8FN3O/c14-11-4-2-1-3-9(11)13(18)10-7-16-17-6-5-15-8-12(10)17/h1-8H. The van der Waals surface area contributed by atoms with Crippen molar-refractivity contribution >= 4 is 11.3 Å². The summed E-state index contributed by atoms with van der Waals surface area (Å²) in [6, 6.07) is 5.89. The van der Waals surface area contributed by atoms with Gasteiger partial charge < -0.3 is 0 Å². The van der Waals surface area contributed by atoms with Gasteiger partial charge in [0.15, 0.2) is 5.78 Å². The van der Waals surface area contributed by atoms with Gasteiger partial charge >= 0.3 is 0 Å². The number of halogens is 1. The molecular weight excluding hydrogens is 233 g/mol. The normalized spacial score (nSPS) is 10.7. The molecule has 4 nitrogen and oxygen atoms in total. The summed E-state index contributed by atoms with van der Waals surface area (Å²) in [5.41, 5.74) is 0.940. The lowest BCUT2D eigenvalue weighted by Crippen LogP contribution is -2.03. The fourth-order valence-corrected chi connectivity index (χ4v) is 1.80. The second-order valence-electron chi connectivity index (χ2n) is 3.77. The SMILES string of the molecule is O=C(c1ccccc1F)c1cnn2ccncc12. The first-order valence-electron chi connectivity index (χ1n) is 5.34. The molecule has 1 aromatic carbocycles. The molecule has 0 N–H and O–H groups in total. The third-order valence-corrected chi connectivity index (χ3v) is 2.69. The maximum Gasteiger partial charge on any atom is 0.199 e. The second-order valence-corrected chi connectivity index (χ2v) is 3.77. The van der Waals surface area contributed by atoms with Crippen LogP contribution in [0.1, 0.15) is 15.9 Å². The van der Waals surface area contributed by atoms with Crippen molar-refractivity contribution in [2.75, 3.05) is 0 Å². The molecule has 0 saturated heterocycles. The van der Waals surface area contributed by atoms with E-state index in [0.29, 0.717) is 11.1 Å². The van der Waals surface area contributed by atoms with Crippen LogP contribution in [-0.4, -0.2) is 20.4 Å². The van der Waals surface area contributed by atoms with Crippen molar-refractivity contribution in [2.24, 2.45) is 0 Å².